The zero-order valence-electron chi connectivity index (χ0n) is 14.8. The van der Waals surface area contributed by atoms with Gasteiger partial charge in [-0.1, -0.05) is 18.2 Å². The number of thiophene rings is 1. The number of nitrogens with zero attached hydrogens (tertiary/aromatic N) is 4. The number of fused-ring (bicyclic) bond motifs is 1. The summed E-state index contributed by atoms with van der Waals surface area (Å²) < 4.78 is 14.9. The van der Waals surface area contributed by atoms with E-state index >= 15 is 0 Å². The van der Waals surface area contributed by atoms with E-state index in [1.54, 1.807) is 52.3 Å². The minimum atomic E-state index is -0.298. The van der Waals surface area contributed by atoms with Gasteiger partial charge in [-0.25, -0.2) is 13.9 Å². The fourth-order valence-corrected chi connectivity index (χ4v) is 3.72. The lowest BCUT2D eigenvalue weighted by Gasteiger charge is -2.25. The van der Waals surface area contributed by atoms with Gasteiger partial charge in [-0.3, -0.25) is 4.79 Å². The van der Waals surface area contributed by atoms with Crippen LogP contribution in [0.2, 0.25) is 0 Å². The Labute approximate surface area is 159 Å². The summed E-state index contributed by atoms with van der Waals surface area (Å²) in [6.45, 7) is 1.90. The summed E-state index contributed by atoms with van der Waals surface area (Å²) in [5.74, 6) is -0.481. The Kier molecular flexibility index (Phi) is 4.45. The molecule has 0 spiro atoms. The summed E-state index contributed by atoms with van der Waals surface area (Å²) >= 11 is 1.60. The van der Waals surface area contributed by atoms with Crippen LogP contribution in [0.5, 0.6) is 0 Å². The van der Waals surface area contributed by atoms with Crippen LogP contribution in [0, 0.1) is 5.82 Å². The average Bonchev–Trinajstić information content (AvgIpc) is 3.36. The van der Waals surface area contributed by atoms with Gasteiger partial charge in [-0.2, -0.15) is 5.10 Å². The second kappa shape index (κ2) is 6.92. The van der Waals surface area contributed by atoms with Crippen LogP contribution in [0.15, 0.2) is 60.2 Å². The molecule has 0 aliphatic heterocycles. The molecule has 0 aliphatic carbocycles. The van der Waals surface area contributed by atoms with Crippen LogP contribution in [0.3, 0.4) is 0 Å². The lowest BCUT2D eigenvalue weighted by molar-refractivity contribution is 0.0744. The van der Waals surface area contributed by atoms with E-state index in [-0.39, 0.29) is 17.8 Å². The number of rotatable bonds is 4. The van der Waals surface area contributed by atoms with Crippen LogP contribution in [0.4, 0.5) is 4.39 Å². The van der Waals surface area contributed by atoms with Crippen LogP contribution in [-0.2, 0) is 0 Å². The van der Waals surface area contributed by atoms with Gasteiger partial charge in [0.15, 0.2) is 5.65 Å². The summed E-state index contributed by atoms with van der Waals surface area (Å²) in [6.07, 6.45) is 3.24. The molecular formula is C20H17FN4OS. The average molecular weight is 380 g/mol. The van der Waals surface area contributed by atoms with Crippen molar-refractivity contribution in [1.82, 2.24) is 19.5 Å². The predicted octanol–water partition coefficient (Wildman–Crippen LogP) is 4.43. The highest BCUT2D eigenvalue weighted by Crippen LogP contribution is 2.27. The minimum Gasteiger partial charge on any atom is -0.335 e. The molecule has 0 saturated carbocycles. The molecule has 4 rings (SSSR count). The third-order valence-corrected chi connectivity index (χ3v) is 5.55. The van der Waals surface area contributed by atoms with Crippen molar-refractivity contribution in [1.29, 1.82) is 0 Å². The van der Waals surface area contributed by atoms with Gasteiger partial charge in [-0.15, -0.1) is 11.3 Å². The Hall–Kier alpha value is -3.06. The monoisotopic (exact) mass is 380 g/mol. The molecule has 3 heterocycles. The summed E-state index contributed by atoms with van der Waals surface area (Å²) in [5, 5.41) is 6.38. The van der Waals surface area contributed by atoms with Crippen molar-refractivity contribution in [2.24, 2.45) is 0 Å². The van der Waals surface area contributed by atoms with Crippen LogP contribution < -0.4 is 0 Å². The van der Waals surface area contributed by atoms with Crippen molar-refractivity contribution >= 4 is 22.9 Å². The van der Waals surface area contributed by atoms with E-state index < -0.39 is 0 Å². The number of carbonyl (C=O) groups excluding carboxylic acids is 1. The van der Waals surface area contributed by atoms with Crippen LogP contribution in [0.1, 0.15) is 28.9 Å². The van der Waals surface area contributed by atoms with Crippen molar-refractivity contribution in [2.45, 2.75) is 13.0 Å². The van der Waals surface area contributed by atoms with E-state index in [1.807, 2.05) is 30.5 Å². The standard InChI is InChI=1S/C20H17FN4OS/c1-13(14-5-7-15(21)8-6-14)24(2)20(26)16-12-23-25-17(9-10-22-19(16)25)18-4-3-11-27-18/h3-13H,1-2H3. The highest BCUT2D eigenvalue weighted by Gasteiger charge is 2.23. The first-order valence-corrected chi connectivity index (χ1v) is 9.33. The summed E-state index contributed by atoms with van der Waals surface area (Å²) in [4.78, 5) is 20.1. The predicted molar refractivity (Wildman–Crippen MR) is 103 cm³/mol. The first-order chi connectivity index (χ1) is 13.1. The SMILES string of the molecule is CC(c1ccc(F)cc1)N(C)C(=O)c1cnn2c(-c3cccs3)ccnc12. The summed E-state index contributed by atoms with van der Waals surface area (Å²) in [5.41, 5.74) is 2.70. The molecule has 27 heavy (non-hydrogen) atoms. The van der Waals surface area contributed by atoms with E-state index in [0.717, 1.165) is 16.1 Å². The highest BCUT2D eigenvalue weighted by molar-refractivity contribution is 7.13. The Balaban J connectivity index is 1.68. The Morgan fingerprint density at radius 2 is 2.00 bits per heavy atom. The van der Waals surface area contributed by atoms with E-state index in [1.165, 1.54) is 12.1 Å². The third kappa shape index (κ3) is 3.10. The van der Waals surface area contributed by atoms with Gasteiger partial charge in [0.05, 0.1) is 22.8 Å². The molecule has 7 heteroatoms. The van der Waals surface area contributed by atoms with Crippen molar-refractivity contribution < 1.29 is 9.18 Å². The maximum absolute atomic E-state index is 13.2. The van der Waals surface area contributed by atoms with Crippen molar-refractivity contribution in [2.75, 3.05) is 7.05 Å². The van der Waals surface area contributed by atoms with Crippen LogP contribution in [0.25, 0.3) is 16.2 Å². The van der Waals surface area contributed by atoms with Crippen molar-refractivity contribution in [3.63, 3.8) is 0 Å². The molecule has 1 aromatic carbocycles. The number of aromatic nitrogens is 3. The van der Waals surface area contributed by atoms with Gasteiger partial charge in [0.1, 0.15) is 11.4 Å². The van der Waals surface area contributed by atoms with E-state index in [2.05, 4.69) is 10.1 Å². The van der Waals surface area contributed by atoms with Crippen LogP contribution >= 0.6 is 11.3 Å². The molecule has 3 aromatic heterocycles. The minimum absolute atomic E-state index is 0.183. The molecule has 1 unspecified atom stereocenters. The van der Waals surface area contributed by atoms with E-state index in [4.69, 9.17) is 0 Å². The number of carbonyl (C=O) groups is 1. The summed E-state index contributed by atoms with van der Waals surface area (Å²) in [6, 6.07) is 11.8. The summed E-state index contributed by atoms with van der Waals surface area (Å²) in [7, 11) is 1.73. The number of benzene rings is 1. The fraction of sp³-hybridized carbons (Fsp3) is 0.150. The first-order valence-electron chi connectivity index (χ1n) is 8.45. The second-order valence-electron chi connectivity index (χ2n) is 6.24. The van der Waals surface area contributed by atoms with E-state index in [9.17, 15) is 9.18 Å². The lowest BCUT2D eigenvalue weighted by atomic mass is 10.1. The van der Waals surface area contributed by atoms with Gasteiger partial charge < -0.3 is 4.90 Å². The van der Waals surface area contributed by atoms with Crippen molar-refractivity contribution in [3.8, 4) is 10.6 Å². The zero-order chi connectivity index (χ0) is 19.0. The van der Waals surface area contributed by atoms with Gasteiger partial charge in [-0.05, 0) is 42.1 Å². The van der Waals surface area contributed by atoms with Crippen LogP contribution in [-0.4, -0.2) is 32.5 Å². The molecule has 0 bridgehead atoms. The Morgan fingerprint density at radius 3 is 2.70 bits per heavy atom. The topological polar surface area (TPSA) is 50.5 Å². The molecule has 1 atom stereocenters. The Morgan fingerprint density at radius 1 is 1.22 bits per heavy atom. The smallest absolute Gasteiger partial charge is 0.259 e. The number of amides is 1. The lowest BCUT2D eigenvalue weighted by Crippen LogP contribution is -2.29. The second-order valence-corrected chi connectivity index (χ2v) is 7.19. The van der Waals surface area contributed by atoms with E-state index in [0.29, 0.717) is 11.2 Å². The molecule has 136 valence electrons. The van der Waals surface area contributed by atoms with Gasteiger partial charge in [0, 0.05) is 13.2 Å². The molecular weight excluding hydrogens is 363 g/mol. The number of hydrogen-bond donors (Lipinski definition) is 0. The van der Waals surface area contributed by atoms with Gasteiger partial charge in [0.2, 0.25) is 0 Å². The Bertz CT molecular complexity index is 1090. The molecule has 1 amide bonds. The van der Waals surface area contributed by atoms with Crippen molar-refractivity contribution in [3.05, 3.63) is 77.2 Å². The molecule has 0 radical (unpaired) electrons. The molecule has 5 nitrogen and oxygen atoms in total. The third-order valence-electron chi connectivity index (χ3n) is 4.66. The number of halogens is 1. The first kappa shape index (κ1) is 17.4. The fourth-order valence-electron chi connectivity index (χ4n) is 2.98. The maximum Gasteiger partial charge on any atom is 0.259 e. The molecule has 0 N–H and O–H groups in total. The van der Waals surface area contributed by atoms with Gasteiger partial charge >= 0.3 is 0 Å². The highest BCUT2D eigenvalue weighted by atomic mass is 32.1. The normalized spacial score (nSPS) is 12.3. The largest absolute Gasteiger partial charge is 0.335 e. The zero-order valence-corrected chi connectivity index (χ0v) is 15.7. The number of hydrogen-bond acceptors (Lipinski definition) is 4. The molecule has 4 aromatic rings. The maximum atomic E-state index is 13.2. The molecule has 0 saturated heterocycles. The molecule has 0 fully saturated rings. The quantitative estimate of drug-likeness (QED) is 0.526. The van der Waals surface area contributed by atoms with Gasteiger partial charge in [0.25, 0.3) is 5.91 Å². The molecule has 0 aliphatic rings.